The molecule has 1 unspecified atom stereocenters. The highest BCUT2D eigenvalue weighted by Gasteiger charge is 2.18. The van der Waals surface area contributed by atoms with Crippen LogP contribution in [0.15, 0.2) is 0 Å². The third-order valence-corrected chi connectivity index (χ3v) is 2.99. The fraction of sp³-hybridized carbons (Fsp3) is 0.909. The number of carbonyl (C=O) groups excluding carboxylic acids is 1. The Hall–Kier alpha value is -0.610. The van der Waals surface area contributed by atoms with Crippen molar-refractivity contribution in [3.05, 3.63) is 0 Å². The van der Waals surface area contributed by atoms with Crippen LogP contribution < -0.4 is 5.32 Å². The number of amides is 1. The van der Waals surface area contributed by atoms with Crippen LogP contribution in [0.4, 0.5) is 0 Å². The van der Waals surface area contributed by atoms with Crippen LogP contribution in [0.25, 0.3) is 0 Å². The van der Waals surface area contributed by atoms with Crippen molar-refractivity contribution >= 4 is 5.91 Å². The maximum absolute atomic E-state index is 11.5. The number of ether oxygens (including phenoxy) is 1. The average molecular weight is 215 g/mol. The van der Waals surface area contributed by atoms with E-state index in [2.05, 4.69) is 5.32 Å². The monoisotopic (exact) mass is 215 g/mol. The maximum atomic E-state index is 11.5. The molecule has 4 nitrogen and oxygen atoms in total. The number of carbonyl (C=O) groups is 1. The van der Waals surface area contributed by atoms with Gasteiger partial charge in [0.1, 0.15) is 0 Å². The summed E-state index contributed by atoms with van der Waals surface area (Å²) >= 11 is 0. The summed E-state index contributed by atoms with van der Waals surface area (Å²) in [5.41, 5.74) is 0. The zero-order valence-corrected chi connectivity index (χ0v) is 9.37. The average Bonchev–Trinajstić information content (AvgIpc) is 2.29. The fourth-order valence-electron chi connectivity index (χ4n) is 1.74. The van der Waals surface area contributed by atoms with Crippen molar-refractivity contribution < 1.29 is 14.6 Å². The standard InChI is InChI=1S/C11H21NO3/c1-2-10(8-13)11(14)12-7-9-3-5-15-6-4-9/h9-10,13H,2-8H2,1H3,(H,12,14). The molecule has 0 saturated carbocycles. The van der Waals surface area contributed by atoms with E-state index < -0.39 is 0 Å². The van der Waals surface area contributed by atoms with Crippen LogP contribution >= 0.6 is 0 Å². The van der Waals surface area contributed by atoms with Crippen molar-refractivity contribution in [2.75, 3.05) is 26.4 Å². The van der Waals surface area contributed by atoms with Crippen molar-refractivity contribution in [2.24, 2.45) is 11.8 Å². The number of hydrogen-bond donors (Lipinski definition) is 2. The summed E-state index contributed by atoms with van der Waals surface area (Å²) in [4.78, 5) is 11.5. The van der Waals surface area contributed by atoms with Crippen LogP contribution in [-0.4, -0.2) is 37.4 Å². The van der Waals surface area contributed by atoms with E-state index in [9.17, 15) is 4.79 Å². The third-order valence-electron chi connectivity index (χ3n) is 2.99. The van der Waals surface area contributed by atoms with Gasteiger partial charge in [-0.05, 0) is 25.2 Å². The Labute approximate surface area is 91.0 Å². The molecule has 2 N–H and O–H groups in total. The number of nitrogens with one attached hydrogen (secondary N) is 1. The van der Waals surface area contributed by atoms with Gasteiger partial charge >= 0.3 is 0 Å². The minimum absolute atomic E-state index is 0.0218. The van der Waals surface area contributed by atoms with Crippen LogP contribution in [0.3, 0.4) is 0 Å². The Morgan fingerprint density at radius 3 is 2.73 bits per heavy atom. The molecular weight excluding hydrogens is 194 g/mol. The minimum atomic E-state index is -0.246. The molecule has 0 spiro atoms. The van der Waals surface area contributed by atoms with Gasteiger partial charge in [-0.25, -0.2) is 0 Å². The molecule has 1 rings (SSSR count). The largest absolute Gasteiger partial charge is 0.396 e. The summed E-state index contributed by atoms with van der Waals surface area (Å²) in [6.45, 7) is 4.18. The van der Waals surface area contributed by atoms with Gasteiger partial charge in [-0.2, -0.15) is 0 Å². The van der Waals surface area contributed by atoms with E-state index in [-0.39, 0.29) is 18.4 Å². The molecule has 0 aromatic carbocycles. The van der Waals surface area contributed by atoms with Gasteiger partial charge in [-0.3, -0.25) is 4.79 Å². The van der Waals surface area contributed by atoms with E-state index in [4.69, 9.17) is 9.84 Å². The van der Waals surface area contributed by atoms with Crippen LogP contribution in [0, 0.1) is 11.8 Å². The Morgan fingerprint density at radius 1 is 1.53 bits per heavy atom. The second kappa shape index (κ2) is 6.80. The predicted molar refractivity (Wildman–Crippen MR) is 57.4 cm³/mol. The van der Waals surface area contributed by atoms with E-state index in [1.54, 1.807) is 0 Å². The molecule has 0 radical (unpaired) electrons. The van der Waals surface area contributed by atoms with Gasteiger partial charge in [0.2, 0.25) is 5.91 Å². The quantitative estimate of drug-likeness (QED) is 0.704. The van der Waals surface area contributed by atoms with Crippen molar-refractivity contribution in [1.29, 1.82) is 0 Å². The number of aliphatic hydroxyl groups excluding tert-OH is 1. The predicted octanol–water partition coefficient (Wildman–Crippen LogP) is 0.548. The van der Waals surface area contributed by atoms with Gasteiger partial charge in [0.25, 0.3) is 0 Å². The molecule has 1 fully saturated rings. The van der Waals surface area contributed by atoms with Crippen LogP contribution in [-0.2, 0) is 9.53 Å². The number of hydrogen-bond acceptors (Lipinski definition) is 3. The van der Waals surface area contributed by atoms with Gasteiger partial charge < -0.3 is 15.2 Å². The SMILES string of the molecule is CCC(CO)C(=O)NCC1CCOCC1. The highest BCUT2D eigenvalue weighted by atomic mass is 16.5. The maximum Gasteiger partial charge on any atom is 0.225 e. The summed E-state index contributed by atoms with van der Waals surface area (Å²) in [6.07, 6.45) is 2.74. The van der Waals surface area contributed by atoms with E-state index >= 15 is 0 Å². The molecule has 1 aliphatic heterocycles. The third kappa shape index (κ3) is 4.18. The Kier molecular flexibility index (Phi) is 5.65. The molecule has 0 aliphatic carbocycles. The molecular formula is C11H21NO3. The first-order chi connectivity index (χ1) is 7.27. The molecule has 1 aliphatic rings. The van der Waals surface area contributed by atoms with Gasteiger partial charge in [0.05, 0.1) is 12.5 Å². The number of rotatable bonds is 5. The first kappa shape index (κ1) is 12.5. The lowest BCUT2D eigenvalue weighted by molar-refractivity contribution is -0.126. The summed E-state index contributed by atoms with van der Waals surface area (Å²) in [5.74, 6) is 0.273. The second-order valence-electron chi connectivity index (χ2n) is 4.09. The topological polar surface area (TPSA) is 58.6 Å². The second-order valence-corrected chi connectivity index (χ2v) is 4.09. The van der Waals surface area contributed by atoms with Crippen molar-refractivity contribution in [2.45, 2.75) is 26.2 Å². The van der Waals surface area contributed by atoms with E-state index in [0.29, 0.717) is 12.3 Å². The molecule has 1 saturated heterocycles. The Balaban J connectivity index is 2.20. The van der Waals surface area contributed by atoms with Crippen LogP contribution in [0.1, 0.15) is 26.2 Å². The molecule has 88 valence electrons. The van der Waals surface area contributed by atoms with Crippen molar-refractivity contribution in [1.82, 2.24) is 5.32 Å². The molecule has 4 heteroatoms. The van der Waals surface area contributed by atoms with Gasteiger partial charge in [-0.15, -0.1) is 0 Å². The lowest BCUT2D eigenvalue weighted by Gasteiger charge is -2.23. The molecule has 15 heavy (non-hydrogen) atoms. The lowest BCUT2D eigenvalue weighted by Crippen LogP contribution is -2.37. The van der Waals surface area contributed by atoms with E-state index in [1.807, 2.05) is 6.92 Å². The van der Waals surface area contributed by atoms with Crippen molar-refractivity contribution in [3.63, 3.8) is 0 Å². The molecule has 1 heterocycles. The Morgan fingerprint density at radius 2 is 2.20 bits per heavy atom. The van der Waals surface area contributed by atoms with Gasteiger partial charge in [-0.1, -0.05) is 6.92 Å². The first-order valence-corrected chi connectivity index (χ1v) is 5.74. The zero-order chi connectivity index (χ0) is 11.1. The summed E-state index contributed by atoms with van der Waals surface area (Å²) in [5, 5.41) is 11.9. The van der Waals surface area contributed by atoms with Gasteiger partial charge in [0, 0.05) is 19.8 Å². The summed E-state index contributed by atoms with van der Waals surface area (Å²) in [7, 11) is 0. The molecule has 0 bridgehead atoms. The molecule has 0 aromatic heterocycles. The molecule has 0 aromatic rings. The van der Waals surface area contributed by atoms with Crippen LogP contribution in [0.5, 0.6) is 0 Å². The smallest absolute Gasteiger partial charge is 0.225 e. The number of aliphatic hydroxyl groups is 1. The van der Waals surface area contributed by atoms with Gasteiger partial charge in [0.15, 0.2) is 0 Å². The van der Waals surface area contributed by atoms with Crippen LogP contribution in [0.2, 0.25) is 0 Å². The first-order valence-electron chi connectivity index (χ1n) is 5.74. The summed E-state index contributed by atoms with van der Waals surface area (Å²) in [6, 6.07) is 0. The van der Waals surface area contributed by atoms with Crippen molar-refractivity contribution in [3.8, 4) is 0 Å². The highest BCUT2D eigenvalue weighted by molar-refractivity contribution is 5.78. The normalized spacial score (nSPS) is 19.9. The zero-order valence-electron chi connectivity index (χ0n) is 9.37. The fourth-order valence-corrected chi connectivity index (χ4v) is 1.74. The molecule has 1 amide bonds. The highest BCUT2D eigenvalue weighted by Crippen LogP contribution is 2.13. The van der Waals surface area contributed by atoms with E-state index in [0.717, 1.165) is 32.6 Å². The molecule has 1 atom stereocenters. The Bertz CT molecular complexity index is 186. The summed E-state index contributed by atoms with van der Waals surface area (Å²) < 4.78 is 5.24. The van der Waals surface area contributed by atoms with E-state index in [1.165, 1.54) is 0 Å². The minimum Gasteiger partial charge on any atom is -0.396 e. The lowest BCUT2D eigenvalue weighted by atomic mass is 10.00.